The molecule has 0 saturated carbocycles. The van der Waals surface area contributed by atoms with Gasteiger partial charge in [-0.15, -0.1) is 5.01 Å². The fourth-order valence-electron chi connectivity index (χ4n) is 2.59. The van der Waals surface area contributed by atoms with Crippen molar-refractivity contribution in [2.45, 2.75) is 0 Å². The third kappa shape index (κ3) is 9.36. The molecule has 2 amide bonds. The molecule has 32 heavy (non-hydrogen) atoms. The monoisotopic (exact) mass is 515 g/mol. The second-order valence-electron chi connectivity index (χ2n) is 6.63. The quantitative estimate of drug-likeness (QED) is 0.0810. The Morgan fingerprint density at radius 1 is 0.906 bits per heavy atom. The molecule has 0 aliphatic rings. The molecule has 2 aromatic heterocycles. The van der Waals surface area contributed by atoms with Crippen molar-refractivity contribution >= 4 is 24.6 Å². The Balaban J connectivity index is 0. The molecular weight excluding hydrogens is 484 g/mol. The van der Waals surface area contributed by atoms with Crippen molar-refractivity contribution in [2.24, 2.45) is 0 Å². The standard InChI is InChI=1S/C18H24N6O4S.Fe.2H2O/c1-24(2,29)23(11-9-21-17(27)13-5-3-7-19-15(13)25)12-10-22-18(28)14-6-4-8-20-16(14)26;;;/h3-8,29H,9-12H2,1-2H3,(H3-,19,20,21,22,25,26,27,28);;2*1H2/p+3. The van der Waals surface area contributed by atoms with E-state index >= 15 is 0 Å². The van der Waals surface area contributed by atoms with E-state index in [4.69, 9.17) is 0 Å². The second kappa shape index (κ2) is 14.6. The van der Waals surface area contributed by atoms with Crippen molar-refractivity contribution in [1.82, 2.24) is 25.6 Å². The van der Waals surface area contributed by atoms with Crippen LogP contribution in [0.3, 0.4) is 0 Å². The summed E-state index contributed by atoms with van der Waals surface area (Å²) in [6.45, 7) is 1.41. The van der Waals surface area contributed by atoms with Crippen LogP contribution in [0, 0.1) is 0 Å². The molecule has 180 valence electrons. The third-order valence-electron chi connectivity index (χ3n) is 4.13. The van der Waals surface area contributed by atoms with Crippen LogP contribution in [0.2, 0.25) is 0 Å². The molecule has 2 rings (SSSR count). The fraction of sp³-hybridized carbons (Fsp3) is 0.333. The third-order valence-corrected chi connectivity index (χ3v) is 4.38. The van der Waals surface area contributed by atoms with E-state index in [1.807, 2.05) is 19.1 Å². The van der Waals surface area contributed by atoms with Gasteiger partial charge in [0.1, 0.15) is 11.1 Å². The second-order valence-corrected chi connectivity index (χ2v) is 7.61. The van der Waals surface area contributed by atoms with Gasteiger partial charge in [0.25, 0.3) is 22.9 Å². The molecule has 0 bridgehead atoms. The molecule has 12 nitrogen and oxygen atoms in total. The summed E-state index contributed by atoms with van der Waals surface area (Å²) in [5.74, 6) is -0.930. The van der Waals surface area contributed by atoms with Gasteiger partial charge >= 0.3 is 0 Å². The SMILES string of the molecule is C[N+](C)(S)N(CCNC(=O)c1ccc[nH]c1=O)CCNC(=O)c1ccc[nH]c1=O.[Fe].[OH3+].[OH3+]. The van der Waals surface area contributed by atoms with Gasteiger partial charge in [-0.3, -0.25) is 19.2 Å². The molecule has 0 atom stereocenters. The zero-order valence-electron chi connectivity index (χ0n) is 17.8. The molecule has 0 radical (unpaired) electrons. The summed E-state index contributed by atoms with van der Waals surface area (Å²) in [6, 6.07) is 6.06. The topological polar surface area (TPSA) is 193 Å². The molecule has 0 aliphatic heterocycles. The molecule has 14 heteroatoms. The largest absolute Gasteiger partial charge is 0.457 e. The molecule has 0 saturated heterocycles. The minimum Gasteiger partial charge on any atom is -0.457 e. The Hall–Kier alpha value is -2.45. The molecule has 0 unspecified atom stereocenters. The van der Waals surface area contributed by atoms with Crippen molar-refractivity contribution in [3.8, 4) is 0 Å². The minimum atomic E-state index is -0.465. The number of pyridine rings is 2. The maximum atomic E-state index is 12.1. The first-order valence-corrected chi connectivity index (χ1v) is 9.34. The first kappa shape index (κ1) is 31.7. The summed E-state index contributed by atoms with van der Waals surface area (Å²) in [5, 5.41) is 7.29. The van der Waals surface area contributed by atoms with Crippen LogP contribution in [0.4, 0.5) is 0 Å². The van der Waals surface area contributed by atoms with E-state index in [-0.39, 0.29) is 56.2 Å². The summed E-state index contributed by atoms with van der Waals surface area (Å²) in [5.41, 5.74) is -0.824. The van der Waals surface area contributed by atoms with Crippen LogP contribution >= 0.6 is 12.8 Å². The van der Waals surface area contributed by atoms with Gasteiger partial charge in [-0.2, -0.15) is 4.00 Å². The molecule has 0 fully saturated rings. The van der Waals surface area contributed by atoms with Gasteiger partial charge in [-0.05, 0) is 24.3 Å². The minimum absolute atomic E-state index is 0. The molecule has 0 aromatic carbocycles. The van der Waals surface area contributed by atoms with Crippen LogP contribution in [-0.4, -0.2) is 71.1 Å². The maximum Gasteiger partial charge on any atom is 0.260 e. The number of carbonyl (C=O) groups is 2. The number of hydrogen-bond acceptors (Lipinski definition) is 6. The number of hydrogen-bond donors (Lipinski definition) is 5. The molecule has 0 spiro atoms. The number of aromatic nitrogens is 2. The number of thiol groups is 1. The average Bonchev–Trinajstić information content (AvgIpc) is 2.66. The van der Waals surface area contributed by atoms with Gasteiger partial charge in [-0.1, -0.05) is 0 Å². The molecule has 2 aromatic rings. The predicted molar refractivity (Wildman–Crippen MR) is 121 cm³/mol. The van der Waals surface area contributed by atoms with Gasteiger partial charge in [0.05, 0.1) is 40.0 Å². The summed E-state index contributed by atoms with van der Waals surface area (Å²) in [4.78, 5) is 52.5. The van der Waals surface area contributed by atoms with E-state index in [2.05, 4.69) is 33.4 Å². The van der Waals surface area contributed by atoms with Crippen LogP contribution in [0.1, 0.15) is 20.7 Å². The van der Waals surface area contributed by atoms with E-state index in [0.29, 0.717) is 13.1 Å². The predicted octanol–water partition coefficient (Wildman–Crippen LogP) is -2.49. The van der Waals surface area contributed by atoms with E-state index in [1.54, 1.807) is 12.1 Å². The van der Waals surface area contributed by atoms with Crippen molar-refractivity contribution < 1.29 is 41.6 Å². The van der Waals surface area contributed by atoms with Crippen molar-refractivity contribution in [3.63, 3.8) is 0 Å². The van der Waals surface area contributed by atoms with Crippen LogP contribution in [-0.2, 0) is 28.0 Å². The maximum absolute atomic E-state index is 12.1. The summed E-state index contributed by atoms with van der Waals surface area (Å²) < 4.78 is 0.170. The summed E-state index contributed by atoms with van der Waals surface area (Å²) in [7, 11) is 3.66. The van der Waals surface area contributed by atoms with Gasteiger partial charge in [0, 0.05) is 42.6 Å². The van der Waals surface area contributed by atoms with E-state index < -0.39 is 22.9 Å². The van der Waals surface area contributed by atoms with E-state index in [1.165, 1.54) is 24.5 Å². The van der Waals surface area contributed by atoms with Gasteiger partial charge in [0.15, 0.2) is 0 Å². The van der Waals surface area contributed by atoms with Gasteiger partial charge in [0.2, 0.25) is 0 Å². The number of carbonyl (C=O) groups excluding carboxylic acids is 2. The fourth-order valence-corrected chi connectivity index (χ4v) is 2.77. The molecule has 2 heterocycles. The Morgan fingerprint density at radius 3 is 1.59 bits per heavy atom. The summed E-state index contributed by atoms with van der Waals surface area (Å²) in [6.07, 6.45) is 2.92. The van der Waals surface area contributed by atoms with Crippen LogP contribution in [0.15, 0.2) is 46.2 Å². The number of nitrogens with zero attached hydrogens (tertiary/aromatic N) is 2. The smallest absolute Gasteiger partial charge is 0.260 e. The number of H-pyrrole nitrogens is 2. The normalized spacial score (nSPS) is 10.2. The Bertz CT molecular complexity index is 905. The van der Waals surface area contributed by atoms with E-state index in [9.17, 15) is 19.2 Å². The molecule has 10 N–H and O–H groups in total. The number of quaternary nitrogens is 1. The van der Waals surface area contributed by atoms with Crippen molar-refractivity contribution in [2.75, 3.05) is 40.3 Å². The van der Waals surface area contributed by atoms with Gasteiger partial charge in [-0.25, -0.2) is 0 Å². The van der Waals surface area contributed by atoms with Crippen molar-refractivity contribution in [1.29, 1.82) is 0 Å². The number of nitrogens with one attached hydrogen (secondary N) is 4. The van der Waals surface area contributed by atoms with Crippen LogP contribution in [0.5, 0.6) is 0 Å². The Morgan fingerprint density at radius 2 is 1.28 bits per heavy atom. The zero-order chi connectivity index (χ0) is 21.4. The molecule has 0 aliphatic carbocycles. The number of rotatable bonds is 9. The Labute approximate surface area is 200 Å². The van der Waals surface area contributed by atoms with E-state index in [0.717, 1.165) is 0 Å². The summed E-state index contributed by atoms with van der Waals surface area (Å²) >= 11 is 4.50. The van der Waals surface area contributed by atoms with Crippen molar-refractivity contribution in [3.05, 3.63) is 68.5 Å². The van der Waals surface area contributed by atoms with Gasteiger partial charge < -0.3 is 31.6 Å². The average molecular weight is 515 g/mol. The number of aromatic amines is 2. The van der Waals surface area contributed by atoms with Crippen LogP contribution in [0.25, 0.3) is 0 Å². The zero-order valence-corrected chi connectivity index (χ0v) is 19.8. The van der Waals surface area contributed by atoms with Crippen LogP contribution < -0.4 is 21.8 Å². The first-order valence-electron chi connectivity index (χ1n) is 8.94. The number of amides is 2. The Kier molecular flexibility index (Phi) is 14.5. The molecular formula is C18H31FeN6O6S+3. The first-order chi connectivity index (χ1) is 13.7.